The van der Waals surface area contributed by atoms with Gasteiger partial charge in [0, 0.05) is 12.1 Å². The second-order valence-electron chi connectivity index (χ2n) is 9.26. The summed E-state index contributed by atoms with van der Waals surface area (Å²) in [5.74, 6) is 0.520. The first kappa shape index (κ1) is 24.3. The van der Waals surface area contributed by atoms with Gasteiger partial charge in [-0.3, -0.25) is 9.59 Å². The zero-order valence-electron chi connectivity index (χ0n) is 20.9. The topological polar surface area (TPSA) is 85.3 Å². The molecule has 4 aromatic rings. The van der Waals surface area contributed by atoms with Crippen molar-refractivity contribution < 1.29 is 28.9 Å². The largest absolute Gasteiger partial charge is 0.507 e. The number of aliphatic hydroxyl groups excluding tert-OH is 1. The number of para-hydroxylation sites is 1. The fourth-order valence-corrected chi connectivity index (χ4v) is 4.89. The van der Waals surface area contributed by atoms with Crippen LogP contribution in [0.3, 0.4) is 0 Å². The number of carbonyl (C=O) groups is 2. The van der Waals surface area contributed by atoms with E-state index in [-0.39, 0.29) is 17.9 Å². The highest BCUT2D eigenvalue weighted by Crippen LogP contribution is 2.42. The quantitative estimate of drug-likeness (QED) is 0.195. The van der Waals surface area contributed by atoms with Gasteiger partial charge in [-0.15, -0.1) is 0 Å². The fraction of sp³-hybridized carbons (Fsp3) is 0.125. The SMILES string of the molecule is O=C1C(=O)N(Cc2ccccc2)C(c2cccc(Oc3ccccc3)c2)/C1=C(\O)c1ccc2c(c1)OCCO2. The van der Waals surface area contributed by atoms with Gasteiger partial charge in [-0.1, -0.05) is 60.7 Å². The predicted molar refractivity (Wildman–Crippen MR) is 145 cm³/mol. The molecule has 194 valence electrons. The molecule has 1 fully saturated rings. The number of likely N-dealkylation sites (tertiary alicyclic amines) is 1. The minimum atomic E-state index is -0.835. The van der Waals surface area contributed by atoms with Crippen molar-refractivity contribution >= 4 is 17.4 Å². The minimum absolute atomic E-state index is 0.00414. The Labute approximate surface area is 225 Å². The van der Waals surface area contributed by atoms with Crippen LogP contribution >= 0.6 is 0 Å². The third-order valence-electron chi connectivity index (χ3n) is 6.70. The number of ether oxygens (including phenoxy) is 3. The maximum Gasteiger partial charge on any atom is 0.295 e. The zero-order chi connectivity index (χ0) is 26.8. The van der Waals surface area contributed by atoms with Gasteiger partial charge in [-0.2, -0.15) is 0 Å². The van der Waals surface area contributed by atoms with Crippen LogP contribution in [-0.4, -0.2) is 34.9 Å². The van der Waals surface area contributed by atoms with E-state index in [0.717, 1.165) is 5.56 Å². The first-order valence-electron chi connectivity index (χ1n) is 12.6. The van der Waals surface area contributed by atoms with Crippen LogP contribution in [-0.2, 0) is 16.1 Å². The van der Waals surface area contributed by atoms with Gasteiger partial charge in [0.25, 0.3) is 11.7 Å². The second-order valence-corrected chi connectivity index (χ2v) is 9.26. The molecule has 1 saturated heterocycles. The first-order chi connectivity index (χ1) is 19.1. The molecule has 0 aliphatic carbocycles. The molecule has 6 rings (SSSR count). The van der Waals surface area contributed by atoms with E-state index in [9.17, 15) is 14.7 Å². The number of aliphatic hydroxyl groups is 1. The molecule has 0 spiro atoms. The average Bonchev–Trinajstić information content (AvgIpc) is 3.22. The van der Waals surface area contributed by atoms with Gasteiger partial charge >= 0.3 is 0 Å². The lowest BCUT2D eigenvalue weighted by molar-refractivity contribution is -0.140. The molecule has 2 heterocycles. The molecule has 0 aromatic heterocycles. The Hall–Kier alpha value is -5.04. The molecule has 2 aliphatic heterocycles. The van der Waals surface area contributed by atoms with E-state index in [4.69, 9.17) is 14.2 Å². The van der Waals surface area contributed by atoms with E-state index in [1.54, 1.807) is 36.4 Å². The van der Waals surface area contributed by atoms with E-state index < -0.39 is 17.7 Å². The van der Waals surface area contributed by atoms with Crippen LogP contribution in [0.4, 0.5) is 0 Å². The maximum atomic E-state index is 13.5. The fourth-order valence-electron chi connectivity index (χ4n) is 4.89. The summed E-state index contributed by atoms with van der Waals surface area (Å²) in [5.41, 5.74) is 1.86. The van der Waals surface area contributed by atoms with Crippen molar-refractivity contribution in [2.24, 2.45) is 0 Å². The molecular weight excluding hydrogens is 494 g/mol. The molecule has 7 heteroatoms. The lowest BCUT2D eigenvalue weighted by Crippen LogP contribution is -2.29. The Kier molecular flexibility index (Phi) is 6.47. The van der Waals surface area contributed by atoms with E-state index in [1.165, 1.54) is 4.90 Å². The number of rotatable bonds is 6. The Morgan fingerprint density at radius 1 is 0.795 bits per heavy atom. The van der Waals surface area contributed by atoms with E-state index in [0.29, 0.717) is 47.3 Å². The molecule has 1 N–H and O–H groups in total. The number of benzene rings is 4. The smallest absolute Gasteiger partial charge is 0.295 e. The van der Waals surface area contributed by atoms with Gasteiger partial charge in [-0.25, -0.2) is 0 Å². The van der Waals surface area contributed by atoms with E-state index >= 15 is 0 Å². The molecule has 4 aromatic carbocycles. The number of hydrogen-bond donors (Lipinski definition) is 1. The summed E-state index contributed by atoms with van der Waals surface area (Å²) in [5, 5.41) is 11.5. The maximum absolute atomic E-state index is 13.5. The number of ketones is 1. The van der Waals surface area contributed by atoms with Crippen molar-refractivity contribution in [1.29, 1.82) is 0 Å². The van der Waals surface area contributed by atoms with Gasteiger partial charge in [0.2, 0.25) is 0 Å². The van der Waals surface area contributed by atoms with Gasteiger partial charge < -0.3 is 24.2 Å². The highest BCUT2D eigenvalue weighted by molar-refractivity contribution is 6.46. The van der Waals surface area contributed by atoms with Crippen molar-refractivity contribution in [1.82, 2.24) is 4.90 Å². The Morgan fingerprint density at radius 3 is 2.26 bits per heavy atom. The lowest BCUT2D eigenvalue weighted by atomic mass is 9.94. The molecule has 0 saturated carbocycles. The van der Waals surface area contributed by atoms with Crippen LogP contribution in [0.25, 0.3) is 5.76 Å². The van der Waals surface area contributed by atoms with Crippen LogP contribution in [0.2, 0.25) is 0 Å². The summed E-state index contributed by atoms with van der Waals surface area (Å²) in [6.07, 6.45) is 0. The molecule has 0 bridgehead atoms. The van der Waals surface area contributed by atoms with E-state index in [1.807, 2.05) is 66.7 Å². The molecule has 7 nitrogen and oxygen atoms in total. The first-order valence-corrected chi connectivity index (χ1v) is 12.6. The monoisotopic (exact) mass is 519 g/mol. The number of hydrogen-bond acceptors (Lipinski definition) is 6. The molecule has 1 atom stereocenters. The molecule has 0 radical (unpaired) electrons. The number of nitrogens with zero attached hydrogens (tertiary/aromatic N) is 1. The number of Topliss-reactive ketones (excluding diaryl/α,β-unsaturated/α-hetero) is 1. The lowest BCUT2D eigenvalue weighted by Gasteiger charge is -2.26. The van der Waals surface area contributed by atoms with Crippen molar-refractivity contribution in [3.05, 3.63) is 125 Å². The van der Waals surface area contributed by atoms with Crippen LogP contribution in [0.15, 0.2) is 109 Å². The Morgan fingerprint density at radius 2 is 1.49 bits per heavy atom. The van der Waals surface area contributed by atoms with Gasteiger partial charge in [-0.05, 0) is 53.6 Å². The van der Waals surface area contributed by atoms with Gasteiger partial charge in [0.15, 0.2) is 11.5 Å². The normalized spacial score (nSPS) is 17.7. The highest BCUT2D eigenvalue weighted by atomic mass is 16.6. The minimum Gasteiger partial charge on any atom is -0.507 e. The molecule has 1 unspecified atom stereocenters. The Balaban J connectivity index is 1.45. The summed E-state index contributed by atoms with van der Waals surface area (Å²) in [6.45, 7) is 1.01. The van der Waals surface area contributed by atoms with Gasteiger partial charge in [0.1, 0.15) is 30.5 Å². The summed E-state index contributed by atoms with van der Waals surface area (Å²) in [7, 11) is 0. The average molecular weight is 520 g/mol. The van der Waals surface area contributed by atoms with Crippen LogP contribution in [0.5, 0.6) is 23.0 Å². The second kappa shape index (κ2) is 10.4. The van der Waals surface area contributed by atoms with Crippen LogP contribution in [0.1, 0.15) is 22.7 Å². The molecule has 39 heavy (non-hydrogen) atoms. The van der Waals surface area contributed by atoms with Crippen molar-refractivity contribution in [2.75, 3.05) is 13.2 Å². The van der Waals surface area contributed by atoms with Crippen molar-refractivity contribution in [3.8, 4) is 23.0 Å². The van der Waals surface area contributed by atoms with Crippen LogP contribution in [0, 0.1) is 0 Å². The zero-order valence-corrected chi connectivity index (χ0v) is 20.9. The molecule has 1 amide bonds. The van der Waals surface area contributed by atoms with Crippen molar-refractivity contribution in [2.45, 2.75) is 12.6 Å². The Bertz CT molecular complexity index is 1560. The third kappa shape index (κ3) is 4.82. The van der Waals surface area contributed by atoms with Gasteiger partial charge in [0.05, 0.1) is 11.6 Å². The van der Waals surface area contributed by atoms with Crippen molar-refractivity contribution in [3.63, 3.8) is 0 Å². The summed E-state index contributed by atoms with van der Waals surface area (Å²) >= 11 is 0. The molecule has 2 aliphatic rings. The van der Waals surface area contributed by atoms with Crippen LogP contribution < -0.4 is 14.2 Å². The number of carbonyl (C=O) groups excluding carboxylic acids is 2. The summed E-state index contributed by atoms with van der Waals surface area (Å²) in [6, 6.07) is 30.1. The summed E-state index contributed by atoms with van der Waals surface area (Å²) < 4.78 is 17.3. The standard InChI is InChI=1S/C32H25NO6/c34-30(23-14-15-26-27(19-23)38-17-16-37-26)28-29(33(32(36)31(28)35)20-21-8-3-1-4-9-21)22-10-7-13-25(18-22)39-24-11-5-2-6-12-24/h1-15,18-19,29,34H,16-17,20H2/b30-28+. The van der Waals surface area contributed by atoms with E-state index in [2.05, 4.69) is 0 Å². The number of fused-ring (bicyclic) bond motifs is 1. The summed E-state index contributed by atoms with van der Waals surface area (Å²) in [4.78, 5) is 28.4. The third-order valence-corrected chi connectivity index (χ3v) is 6.70. The molecular formula is C32H25NO6. The number of amides is 1. The predicted octanol–water partition coefficient (Wildman–Crippen LogP) is 5.87. The highest BCUT2D eigenvalue weighted by Gasteiger charge is 2.46.